The highest BCUT2D eigenvalue weighted by Crippen LogP contribution is 2.20. The molecule has 0 saturated carbocycles. The van der Waals surface area contributed by atoms with Gasteiger partial charge in [-0.3, -0.25) is 4.79 Å². The van der Waals surface area contributed by atoms with Crippen LogP contribution in [0.25, 0.3) is 5.69 Å². The van der Waals surface area contributed by atoms with Crippen LogP contribution in [-0.2, 0) is 12.8 Å². The quantitative estimate of drug-likeness (QED) is 0.847. The van der Waals surface area contributed by atoms with E-state index in [0.717, 1.165) is 23.6 Å². The standard InChI is InChI=1S/C18H25FN4O/c1-5-15-17(18(24)20-11-12-22(3)4)16(6-2)23(21-15)14-9-7-13(19)8-10-14/h7-10H,5-6,11-12H2,1-4H3,(H,20,24). The fraction of sp³-hybridized carbons (Fsp3) is 0.444. The second kappa shape index (κ2) is 8.06. The van der Waals surface area contributed by atoms with Crippen LogP contribution in [0.3, 0.4) is 0 Å². The van der Waals surface area contributed by atoms with Gasteiger partial charge in [-0.1, -0.05) is 13.8 Å². The van der Waals surface area contributed by atoms with Crippen molar-refractivity contribution in [2.24, 2.45) is 0 Å². The fourth-order valence-electron chi connectivity index (χ4n) is 2.62. The molecule has 1 heterocycles. The van der Waals surface area contributed by atoms with Gasteiger partial charge in [0.2, 0.25) is 0 Å². The summed E-state index contributed by atoms with van der Waals surface area (Å²) >= 11 is 0. The number of carbonyl (C=O) groups is 1. The number of aryl methyl sites for hydroxylation is 1. The number of nitrogens with zero attached hydrogens (tertiary/aromatic N) is 3. The summed E-state index contributed by atoms with van der Waals surface area (Å²) in [6, 6.07) is 6.15. The molecule has 24 heavy (non-hydrogen) atoms. The molecule has 1 aromatic carbocycles. The van der Waals surface area contributed by atoms with E-state index in [1.54, 1.807) is 16.8 Å². The average Bonchev–Trinajstić information content (AvgIpc) is 2.93. The molecule has 0 fully saturated rings. The van der Waals surface area contributed by atoms with Crippen molar-refractivity contribution in [2.45, 2.75) is 26.7 Å². The van der Waals surface area contributed by atoms with Crippen molar-refractivity contribution in [3.63, 3.8) is 0 Å². The van der Waals surface area contributed by atoms with E-state index in [0.29, 0.717) is 24.9 Å². The summed E-state index contributed by atoms with van der Waals surface area (Å²) in [6.45, 7) is 5.33. The van der Waals surface area contributed by atoms with Gasteiger partial charge in [0.15, 0.2) is 0 Å². The van der Waals surface area contributed by atoms with Crippen LogP contribution in [0.4, 0.5) is 4.39 Å². The first-order valence-electron chi connectivity index (χ1n) is 8.27. The summed E-state index contributed by atoms with van der Waals surface area (Å²) in [5.41, 5.74) is 3.01. The van der Waals surface area contributed by atoms with Gasteiger partial charge >= 0.3 is 0 Å². The number of nitrogens with one attached hydrogen (secondary N) is 1. The first kappa shape index (κ1) is 18.1. The summed E-state index contributed by atoms with van der Waals surface area (Å²) in [5, 5.41) is 7.55. The van der Waals surface area contributed by atoms with Gasteiger partial charge in [0.1, 0.15) is 5.82 Å². The molecule has 0 aliphatic rings. The number of hydrogen-bond donors (Lipinski definition) is 1. The zero-order valence-electron chi connectivity index (χ0n) is 14.8. The van der Waals surface area contributed by atoms with E-state index >= 15 is 0 Å². The Morgan fingerprint density at radius 2 is 1.88 bits per heavy atom. The molecule has 0 saturated heterocycles. The lowest BCUT2D eigenvalue weighted by atomic mass is 10.1. The second-order valence-electron chi connectivity index (χ2n) is 5.92. The molecule has 130 valence electrons. The molecule has 1 N–H and O–H groups in total. The molecular formula is C18H25FN4O. The van der Waals surface area contributed by atoms with Crippen molar-refractivity contribution < 1.29 is 9.18 Å². The summed E-state index contributed by atoms with van der Waals surface area (Å²) in [4.78, 5) is 14.7. The Bertz CT molecular complexity index is 692. The third-order valence-corrected chi connectivity index (χ3v) is 3.87. The zero-order chi connectivity index (χ0) is 17.7. The largest absolute Gasteiger partial charge is 0.351 e. The summed E-state index contributed by atoms with van der Waals surface area (Å²) in [6.07, 6.45) is 1.33. The molecule has 0 atom stereocenters. The van der Waals surface area contributed by atoms with Gasteiger partial charge in [-0.05, 0) is 51.2 Å². The molecule has 5 nitrogen and oxygen atoms in total. The van der Waals surface area contributed by atoms with E-state index in [1.165, 1.54) is 12.1 Å². The predicted octanol–water partition coefficient (Wildman–Crippen LogP) is 2.43. The number of halogens is 1. The average molecular weight is 332 g/mol. The third-order valence-electron chi connectivity index (χ3n) is 3.87. The number of rotatable bonds is 7. The minimum Gasteiger partial charge on any atom is -0.351 e. The highest BCUT2D eigenvalue weighted by Gasteiger charge is 2.22. The Morgan fingerprint density at radius 1 is 1.21 bits per heavy atom. The molecule has 6 heteroatoms. The van der Waals surface area contributed by atoms with Crippen LogP contribution in [0.2, 0.25) is 0 Å². The first-order valence-corrected chi connectivity index (χ1v) is 8.27. The normalized spacial score (nSPS) is 11.1. The van der Waals surface area contributed by atoms with Gasteiger partial charge in [0, 0.05) is 13.1 Å². The number of likely N-dealkylation sites (N-methyl/N-ethyl adjacent to an activating group) is 1. The molecule has 2 aromatic rings. The van der Waals surface area contributed by atoms with Crippen molar-refractivity contribution in [1.82, 2.24) is 20.0 Å². The van der Waals surface area contributed by atoms with Gasteiger partial charge in [-0.15, -0.1) is 0 Å². The summed E-state index contributed by atoms with van der Waals surface area (Å²) < 4.78 is 14.9. The Kier molecular flexibility index (Phi) is 6.09. The molecule has 2 rings (SSSR count). The highest BCUT2D eigenvalue weighted by atomic mass is 19.1. The number of aromatic nitrogens is 2. The lowest BCUT2D eigenvalue weighted by Crippen LogP contribution is -2.32. The minimum atomic E-state index is -0.290. The van der Waals surface area contributed by atoms with Crippen molar-refractivity contribution >= 4 is 5.91 Å². The molecular weight excluding hydrogens is 307 g/mol. The van der Waals surface area contributed by atoms with Crippen molar-refractivity contribution in [3.05, 3.63) is 47.0 Å². The fourth-order valence-corrected chi connectivity index (χ4v) is 2.62. The molecule has 0 spiro atoms. The number of hydrogen-bond acceptors (Lipinski definition) is 3. The van der Waals surface area contributed by atoms with Crippen LogP contribution < -0.4 is 5.32 Å². The molecule has 0 aliphatic heterocycles. The van der Waals surface area contributed by atoms with Gasteiger partial charge in [-0.25, -0.2) is 9.07 Å². The maximum atomic E-state index is 13.2. The van der Waals surface area contributed by atoms with E-state index in [1.807, 2.05) is 32.8 Å². The Balaban J connectivity index is 2.36. The van der Waals surface area contributed by atoms with Crippen LogP contribution in [-0.4, -0.2) is 47.8 Å². The van der Waals surface area contributed by atoms with Crippen molar-refractivity contribution in [1.29, 1.82) is 0 Å². The van der Waals surface area contributed by atoms with E-state index in [4.69, 9.17) is 0 Å². The maximum absolute atomic E-state index is 13.2. The van der Waals surface area contributed by atoms with E-state index in [-0.39, 0.29) is 11.7 Å². The molecule has 0 radical (unpaired) electrons. The number of benzene rings is 1. The van der Waals surface area contributed by atoms with Gasteiger partial charge in [0.05, 0.1) is 22.6 Å². The van der Waals surface area contributed by atoms with Gasteiger partial charge in [-0.2, -0.15) is 5.10 Å². The smallest absolute Gasteiger partial charge is 0.255 e. The van der Waals surface area contributed by atoms with E-state index in [9.17, 15) is 9.18 Å². The van der Waals surface area contributed by atoms with E-state index < -0.39 is 0 Å². The van der Waals surface area contributed by atoms with Crippen LogP contribution in [0.5, 0.6) is 0 Å². The van der Waals surface area contributed by atoms with Crippen LogP contribution in [0.1, 0.15) is 35.6 Å². The Hall–Kier alpha value is -2.21. The van der Waals surface area contributed by atoms with Crippen LogP contribution >= 0.6 is 0 Å². The molecule has 1 amide bonds. The minimum absolute atomic E-state index is 0.0982. The lowest BCUT2D eigenvalue weighted by molar-refractivity contribution is 0.0949. The topological polar surface area (TPSA) is 50.2 Å². The molecule has 0 bridgehead atoms. The Morgan fingerprint density at radius 3 is 2.42 bits per heavy atom. The maximum Gasteiger partial charge on any atom is 0.255 e. The summed E-state index contributed by atoms with van der Waals surface area (Å²) in [5.74, 6) is -0.389. The molecule has 0 unspecified atom stereocenters. The predicted molar refractivity (Wildman–Crippen MR) is 93.2 cm³/mol. The zero-order valence-corrected chi connectivity index (χ0v) is 14.8. The van der Waals surface area contributed by atoms with Crippen molar-refractivity contribution in [3.8, 4) is 5.69 Å². The lowest BCUT2D eigenvalue weighted by Gasteiger charge is -2.11. The Labute approximate surface area is 142 Å². The van der Waals surface area contributed by atoms with Crippen LogP contribution in [0.15, 0.2) is 24.3 Å². The SMILES string of the molecule is CCc1nn(-c2ccc(F)cc2)c(CC)c1C(=O)NCCN(C)C. The van der Waals surface area contributed by atoms with Gasteiger partial charge < -0.3 is 10.2 Å². The number of amides is 1. The second-order valence-corrected chi connectivity index (χ2v) is 5.92. The highest BCUT2D eigenvalue weighted by molar-refractivity contribution is 5.96. The molecule has 0 aliphatic carbocycles. The first-order chi connectivity index (χ1) is 11.5. The van der Waals surface area contributed by atoms with Crippen LogP contribution in [0, 0.1) is 5.82 Å². The van der Waals surface area contributed by atoms with Gasteiger partial charge in [0.25, 0.3) is 5.91 Å². The summed E-state index contributed by atoms with van der Waals surface area (Å²) in [7, 11) is 3.93. The molecule has 1 aromatic heterocycles. The monoisotopic (exact) mass is 332 g/mol. The number of carbonyl (C=O) groups excluding carboxylic acids is 1. The van der Waals surface area contributed by atoms with Crippen molar-refractivity contribution in [2.75, 3.05) is 27.2 Å². The third kappa shape index (κ3) is 4.00. The van der Waals surface area contributed by atoms with E-state index in [2.05, 4.69) is 10.4 Å².